The van der Waals surface area contributed by atoms with E-state index in [2.05, 4.69) is 35.6 Å². The SMILES string of the molecule is CN(C)c1cnc2c(C(=O)Nc3cn(C4CCC(CN5CCN(c6cccc7c6n(C)c(=O)n7C6CCC(=O)NC6=O)CC5)CC4)nc3F)cnn2c1. The molecule has 1 aromatic carbocycles. The van der Waals surface area contributed by atoms with Gasteiger partial charge in [0.25, 0.3) is 11.9 Å². The molecule has 3 fully saturated rings. The minimum absolute atomic E-state index is 0.0301. The predicted octanol–water partition coefficient (Wildman–Crippen LogP) is 2.57. The maximum atomic E-state index is 15.0. The first kappa shape index (κ1) is 34.5. The van der Waals surface area contributed by atoms with Gasteiger partial charge < -0.3 is 15.1 Å². The van der Waals surface area contributed by atoms with Gasteiger partial charge in [0.05, 0.1) is 53.2 Å². The highest BCUT2D eigenvalue weighted by Gasteiger charge is 2.33. The summed E-state index contributed by atoms with van der Waals surface area (Å²) in [6.07, 6.45) is 10.6. The first-order chi connectivity index (χ1) is 25.5. The quantitative estimate of drug-likeness (QED) is 0.228. The lowest BCUT2D eigenvalue weighted by Crippen LogP contribution is -2.48. The van der Waals surface area contributed by atoms with Crippen molar-refractivity contribution in [2.45, 2.75) is 50.6 Å². The van der Waals surface area contributed by atoms with E-state index in [0.29, 0.717) is 23.5 Å². The number of rotatable bonds is 8. The van der Waals surface area contributed by atoms with Crippen molar-refractivity contribution in [1.82, 2.24) is 43.7 Å². The molecule has 3 aliphatic rings. The van der Waals surface area contributed by atoms with Gasteiger partial charge in [0.15, 0.2) is 5.65 Å². The van der Waals surface area contributed by atoms with E-state index in [9.17, 15) is 23.6 Å². The van der Waals surface area contributed by atoms with Crippen LogP contribution in [0.5, 0.6) is 0 Å². The Morgan fingerprint density at radius 2 is 1.79 bits per heavy atom. The summed E-state index contributed by atoms with van der Waals surface area (Å²) in [6, 6.07) is 5.15. The molecule has 2 saturated heterocycles. The number of benzene rings is 1. The Morgan fingerprint density at radius 3 is 2.53 bits per heavy atom. The van der Waals surface area contributed by atoms with E-state index >= 15 is 0 Å². The molecular formula is C36H43FN12O4. The number of carbonyl (C=O) groups excluding carboxylic acids is 3. The van der Waals surface area contributed by atoms with Crippen LogP contribution in [-0.2, 0) is 16.6 Å². The summed E-state index contributed by atoms with van der Waals surface area (Å²) in [5, 5.41) is 13.4. The fraction of sp³-hybridized carbons (Fsp3) is 0.472. The van der Waals surface area contributed by atoms with Crippen LogP contribution < -0.4 is 26.1 Å². The number of hydrogen-bond acceptors (Lipinski definition) is 10. The molecule has 16 nitrogen and oxygen atoms in total. The number of nitrogens with zero attached hydrogens (tertiary/aromatic N) is 10. The van der Waals surface area contributed by atoms with Gasteiger partial charge >= 0.3 is 5.69 Å². The molecule has 1 atom stereocenters. The van der Waals surface area contributed by atoms with E-state index in [1.165, 1.54) is 15.3 Å². The molecule has 8 rings (SSSR count). The van der Waals surface area contributed by atoms with Gasteiger partial charge in [-0.1, -0.05) is 6.07 Å². The van der Waals surface area contributed by atoms with Crippen molar-refractivity contribution in [3.8, 4) is 0 Å². The molecule has 53 heavy (non-hydrogen) atoms. The average Bonchev–Trinajstić information content (AvgIpc) is 3.82. The minimum Gasteiger partial charge on any atom is -0.375 e. The molecule has 1 aliphatic carbocycles. The van der Waals surface area contributed by atoms with Crippen molar-refractivity contribution in [3.05, 3.63) is 65.0 Å². The van der Waals surface area contributed by atoms with Gasteiger partial charge in [-0.3, -0.25) is 38.4 Å². The monoisotopic (exact) mass is 726 g/mol. The van der Waals surface area contributed by atoms with Crippen molar-refractivity contribution in [1.29, 1.82) is 0 Å². The number of aryl methyl sites for hydroxylation is 1. The van der Waals surface area contributed by atoms with Crippen LogP contribution in [0.15, 0.2) is 47.8 Å². The van der Waals surface area contributed by atoms with Crippen LogP contribution >= 0.6 is 0 Å². The van der Waals surface area contributed by atoms with Crippen LogP contribution in [-0.4, -0.2) is 103 Å². The molecule has 0 bridgehead atoms. The second-order valence-electron chi connectivity index (χ2n) is 14.6. The van der Waals surface area contributed by atoms with Gasteiger partial charge in [0.2, 0.25) is 11.8 Å². The highest BCUT2D eigenvalue weighted by molar-refractivity contribution is 6.08. The van der Waals surface area contributed by atoms with Gasteiger partial charge in [-0.25, -0.2) is 14.3 Å². The fourth-order valence-electron chi connectivity index (χ4n) is 8.12. The van der Waals surface area contributed by atoms with Crippen molar-refractivity contribution in [3.63, 3.8) is 0 Å². The number of hydrogen-bond donors (Lipinski definition) is 2. The second kappa shape index (κ2) is 13.8. The van der Waals surface area contributed by atoms with Gasteiger partial charge in [-0.2, -0.15) is 9.49 Å². The van der Waals surface area contributed by atoms with Crippen molar-refractivity contribution < 1.29 is 18.8 Å². The molecule has 0 radical (unpaired) electrons. The van der Waals surface area contributed by atoms with Crippen LogP contribution in [0.1, 0.15) is 61.0 Å². The maximum Gasteiger partial charge on any atom is 0.329 e. The minimum atomic E-state index is -0.721. The molecule has 2 aliphatic heterocycles. The first-order valence-corrected chi connectivity index (χ1v) is 18.1. The lowest BCUT2D eigenvalue weighted by atomic mass is 9.85. The van der Waals surface area contributed by atoms with E-state index in [1.807, 2.05) is 37.2 Å². The number of amides is 3. The largest absolute Gasteiger partial charge is 0.375 e. The normalized spacial score (nSPS) is 21.4. The number of piperazine rings is 1. The summed E-state index contributed by atoms with van der Waals surface area (Å²) in [6.45, 7) is 4.34. The lowest BCUT2D eigenvalue weighted by Gasteiger charge is -2.39. The summed E-state index contributed by atoms with van der Waals surface area (Å²) in [4.78, 5) is 61.9. The van der Waals surface area contributed by atoms with E-state index in [-0.39, 0.29) is 35.3 Å². The number of para-hydroxylation sites is 1. The Morgan fingerprint density at radius 1 is 1.02 bits per heavy atom. The van der Waals surface area contributed by atoms with E-state index in [4.69, 9.17) is 0 Å². The Labute approximate surface area is 304 Å². The zero-order chi connectivity index (χ0) is 37.0. The number of imidazole rings is 1. The zero-order valence-corrected chi connectivity index (χ0v) is 30.0. The van der Waals surface area contributed by atoms with E-state index in [1.54, 1.807) is 34.9 Å². The Kier molecular flexibility index (Phi) is 8.96. The number of carbonyl (C=O) groups is 3. The van der Waals surface area contributed by atoms with Crippen molar-refractivity contribution in [2.75, 3.05) is 61.9 Å². The Hall–Kier alpha value is -5.58. The summed E-state index contributed by atoms with van der Waals surface area (Å²) in [5.41, 5.74) is 3.67. The third-order valence-corrected chi connectivity index (χ3v) is 11.1. The van der Waals surface area contributed by atoms with Gasteiger partial charge in [0.1, 0.15) is 17.3 Å². The topological polar surface area (TPSA) is 160 Å². The van der Waals surface area contributed by atoms with Crippen LogP contribution in [0.25, 0.3) is 16.7 Å². The zero-order valence-electron chi connectivity index (χ0n) is 30.0. The number of piperidine rings is 1. The highest BCUT2D eigenvalue weighted by Crippen LogP contribution is 2.35. The Balaban J connectivity index is 0.856. The van der Waals surface area contributed by atoms with Gasteiger partial charge in [0, 0.05) is 60.3 Å². The highest BCUT2D eigenvalue weighted by atomic mass is 19.1. The summed E-state index contributed by atoms with van der Waals surface area (Å²) < 4.78 is 21.3. The summed E-state index contributed by atoms with van der Waals surface area (Å²) >= 11 is 0. The number of nitrogens with one attached hydrogen (secondary N) is 2. The van der Waals surface area contributed by atoms with Crippen molar-refractivity contribution in [2.24, 2.45) is 13.0 Å². The molecule has 2 N–H and O–H groups in total. The molecule has 278 valence electrons. The summed E-state index contributed by atoms with van der Waals surface area (Å²) in [7, 11) is 5.51. The number of halogens is 1. The third kappa shape index (κ3) is 6.42. The smallest absolute Gasteiger partial charge is 0.329 e. The number of fused-ring (bicyclic) bond motifs is 2. The van der Waals surface area contributed by atoms with Crippen LogP contribution in [0.3, 0.4) is 0 Å². The Bertz CT molecular complexity index is 2270. The molecule has 4 aromatic heterocycles. The lowest BCUT2D eigenvalue weighted by molar-refractivity contribution is -0.135. The number of imide groups is 1. The number of aromatic nitrogens is 7. The third-order valence-electron chi connectivity index (χ3n) is 11.1. The van der Waals surface area contributed by atoms with Crippen LogP contribution in [0, 0.1) is 11.9 Å². The first-order valence-electron chi connectivity index (χ1n) is 18.1. The molecule has 1 unspecified atom stereocenters. The number of anilines is 3. The molecular weight excluding hydrogens is 683 g/mol. The molecule has 5 aromatic rings. The van der Waals surface area contributed by atoms with E-state index < -0.39 is 23.8 Å². The second-order valence-corrected chi connectivity index (χ2v) is 14.6. The molecule has 17 heteroatoms. The predicted molar refractivity (Wildman–Crippen MR) is 196 cm³/mol. The molecule has 3 amide bonds. The fourth-order valence-corrected chi connectivity index (χ4v) is 8.12. The van der Waals surface area contributed by atoms with Crippen LogP contribution in [0.2, 0.25) is 0 Å². The van der Waals surface area contributed by atoms with Crippen LogP contribution in [0.4, 0.5) is 21.5 Å². The van der Waals surface area contributed by atoms with Gasteiger partial charge in [-0.15, -0.1) is 5.10 Å². The van der Waals surface area contributed by atoms with E-state index in [0.717, 1.165) is 75.3 Å². The molecule has 6 heterocycles. The molecule has 0 spiro atoms. The molecule has 1 saturated carbocycles. The standard InChI is InChI=1S/C36H43FN12O4/c1-43(2)24-17-38-33-25(18-39-48(33)20-24)34(51)40-26-21-47(42-32(26)37)23-9-7-22(8-10-23)19-45-13-15-46(16-14-45)27-5-4-6-28-31(27)44(3)36(53)49(28)29-11-12-30(50)41-35(29)52/h4-6,17-18,20-23,29H,7-16,19H2,1-3H3,(H,40,51)(H,41,50,52). The maximum absolute atomic E-state index is 15.0. The van der Waals surface area contributed by atoms with Gasteiger partial charge in [-0.05, 0) is 50.2 Å². The summed E-state index contributed by atoms with van der Waals surface area (Å²) in [5.74, 6) is -1.46. The van der Waals surface area contributed by atoms with Crippen molar-refractivity contribution >= 4 is 51.5 Å². The average molecular weight is 727 g/mol.